The van der Waals surface area contributed by atoms with Gasteiger partial charge in [0.25, 0.3) is 5.91 Å². The van der Waals surface area contributed by atoms with Crippen LogP contribution in [-0.2, 0) is 13.2 Å². The molecular weight excluding hydrogens is 326 g/mol. The minimum Gasteiger partial charge on any atom is -0.330 e. The summed E-state index contributed by atoms with van der Waals surface area (Å²) in [5, 5.41) is 3.70. The van der Waals surface area contributed by atoms with Gasteiger partial charge in [-0.25, -0.2) is 4.39 Å². The number of hydrogen-bond acceptors (Lipinski definition) is 2. The molecule has 2 heterocycles. The van der Waals surface area contributed by atoms with E-state index in [1.807, 2.05) is 0 Å². The van der Waals surface area contributed by atoms with Crippen LogP contribution < -0.4 is 0 Å². The fourth-order valence-electron chi connectivity index (χ4n) is 3.05. The fourth-order valence-corrected chi connectivity index (χ4v) is 3.05. The lowest BCUT2D eigenvalue weighted by molar-refractivity contribution is -0.143. The van der Waals surface area contributed by atoms with Crippen LogP contribution in [0.15, 0.2) is 30.3 Å². The standard InChI is InChI=1S/C16H15F4N3O/c1-22-14(16(18,19)20)9-12(21-22)15(24)23-7-3-6-13(23)10-4-2-5-11(17)8-10/h2,4-5,8-9,13H,3,6-7H2,1H3. The Morgan fingerprint density at radius 3 is 2.67 bits per heavy atom. The first-order chi connectivity index (χ1) is 11.3. The van der Waals surface area contributed by atoms with Crippen molar-refractivity contribution >= 4 is 5.91 Å². The van der Waals surface area contributed by atoms with Gasteiger partial charge >= 0.3 is 6.18 Å². The van der Waals surface area contributed by atoms with Gasteiger partial charge in [0.15, 0.2) is 5.69 Å². The molecule has 0 aliphatic carbocycles. The monoisotopic (exact) mass is 341 g/mol. The van der Waals surface area contributed by atoms with Crippen molar-refractivity contribution in [1.29, 1.82) is 0 Å². The van der Waals surface area contributed by atoms with Crippen LogP contribution >= 0.6 is 0 Å². The largest absolute Gasteiger partial charge is 0.433 e. The van der Waals surface area contributed by atoms with Crippen LogP contribution in [0, 0.1) is 5.82 Å². The van der Waals surface area contributed by atoms with E-state index >= 15 is 0 Å². The van der Waals surface area contributed by atoms with Gasteiger partial charge in [-0.05, 0) is 30.5 Å². The zero-order valence-electron chi connectivity index (χ0n) is 12.8. The quantitative estimate of drug-likeness (QED) is 0.784. The highest BCUT2D eigenvalue weighted by molar-refractivity contribution is 5.93. The molecule has 1 atom stereocenters. The third-order valence-corrected chi connectivity index (χ3v) is 4.14. The van der Waals surface area contributed by atoms with Gasteiger partial charge in [0.1, 0.15) is 11.5 Å². The van der Waals surface area contributed by atoms with Crippen LogP contribution in [0.25, 0.3) is 0 Å². The van der Waals surface area contributed by atoms with Crippen LogP contribution in [-0.4, -0.2) is 27.1 Å². The number of likely N-dealkylation sites (tertiary alicyclic amines) is 1. The molecule has 0 spiro atoms. The second kappa shape index (κ2) is 5.92. The number of benzene rings is 1. The Hall–Kier alpha value is -2.38. The Kier molecular flexibility index (Phi) is 4.06. The van der Waals surface area contributed by atoms with E-state index in [9.17, 15) is 22.4 Å². The van der Waals surface area contributed by atoms with Gasteiger partial charge in [-0.15, -0.1) is 0 Å². The predicted octanol–water partition coefficient (Wildman–Crippen LogP) is 3.56. The van der Waals surface area contributed by atoms with E-state index in [0.717, 1.165) is 13.1 Å². The third-order valence-electron chi connectivity index (χ3n) is 4.14. The predicted molar refractivity (Wildman–Crippen MR) is 77.6 cm³/mol. The molecule has 1 unspecified atom stereocenters. The Balaban J connectivity index is 1.89. The number of alkyl halides is 3. The van der Waals surface area contributed by atoms with Crippen LogP contribution in [0.1, 0.15) is 40.6 Å². The highest BCUT2D eigenvalue weighted by Crippen LogP contribution is 2.34. The fraction of sp³-hybridized carbons (Fsp3) is 0.375. The van der Waals surface area contributed by atoms with Gasteiger partial charge in [0.05, 0.1) is 6.04 Å². The molecular formula is C16H15F4N3O. The maximum Gasteiger partial charge on any atom is 0.433 e. The molecule has 1 saturated heterocycles. The molecule has 1 amide bonds. The number of amides is 1. The average Bonchev–Trinajstić information content (AvgIpc) is 3.12. The van der Waals surface area contributed by atoms with Crippen molar-refractivity contribution in [3.05, 3.63) is 53.1 Å². The van der Waals surface area contributed by atoms with Crippen molar-refractivity contribution in [2.45, 2.75) is 25.1 Å². The number of carbonyl (C=O) groups excluding carboxylic acids is 1. The first-order valence-electron chi connectivity index (χ1n) is 7.45. The highest BCUT2D eigenvalue weighted by Gasteiger charge is 2.38. The first-order valence-corrected chi connectivity index (χ1v) is 7.45. The molecule has 0 radical (unpaired) electrons. The number of aromatic nitrogens is 2. The van der Waals surface area contributed by atoms with Crippen molar-refractivity contribution in [1.82, 2.24) is 14.7 Å². The Morgan fingerprint density at radius 2 is 2.04 bits per heavy atom. The van der Waals surface area contributed by atoms with E-state index in [1.165, 1.54) is 17.0 Å². The minimum atomic E-state index is -4.58. The molecule has 8 heteroatoms. The van der Waals surface area contributed by atoms with E-state index in [1.54, 1.807) is 12.1 Å². The summed E-state index contributed by atoms with van der Waals surface area (Å²) in [6.45, 7) is 0.401. The molecule has 1 aliphatic rings. The lowest BCUT2D eigenvalue weighted by Gasteiger charge is -2.24. The molecule has 0 N–H and O–H groups in total. The maximum absolute atomic E-state index is 13.4. The smallest absolute Gasteiger partial charge is 0.330 e. The van der Waals surface area contributed by atoms with E-state index in [0.29, 0.717) is 29.6 Å². The van der Waals surface area contributed by atoms with Crippen LogP contribution in [0.4, 0.5) is 17.6 Å². The van der Waals surface area contributed by atoms with Gasteiger partial charge in [-0.2, -0.15) is 18.3 Å². The second-order valence-corrected chi connectivity index (χ2v) is 5.75. The highest BCUT2D eigenvalue weighted by atomic mass is 19.4. The van der Waals surface area contributed by atoms with Crippen molar-refractivity contribution in [2.75, 3.05) is 6.54 Å². The molecule has 3 rings (SSSR count). The van der Waals surface area contributed by atoms with Crippen LogP contribution in [0.2, 0.25) is 0 Å². The summed E-state index contributed by atoms with van der Waals surface area (Å²) in [7, 11) is 1.15. The number of rotatable bonds is 2. The van der Waals surface area contributed by atoms with Crippen molar-refractivity contribution in [3.63, 3.8) is 0 Å². The van der Waals surface area contributed by atoms with Gasteiger partial charge < -0.3 is 4.90 Å². The Morgan fingerprint density at radius 1 is 1.29 bits per heavy atom. The van der Waals surface area contributed by atoms with Crippen molar-refractivity contribution in [2.24, 2.45) is 7.05 Å². The number of hydrogen-bond donors (Lipinski definition) is 0. The maximum atomic E-state index is 13.4. The normalized spacial score (nSPS) is 18.2. The van der Waals surface area contributed by atoms with E-state index < -0.39 is 23.6 Å². The van der Waals surface area contributed by atoms with Gasteiger partial charge in [-0.1, -0.05) is 12.1 Å². The summed E-state index contributed by atoms with van der Waals surface area (Å²) in [6, 6.07) is 6.30. The second-order valence-electron chi connectivity index (χ2n) is 5.75. The van der Waals surface area contributed by atoms with E-state index in [4.69, 9.17) is 0 Å². The summed E-state index contributed by atoms with van der Waals surface area (Å²) >= 11 is 0. The van der Waals surface area contributed by atoms with Gasteiger partial charge in [-0.3, -0.25) is 9.48 Å². The molecule has 4 nitrogen and oxygen atoms in total. The molecule has 2 aromatic rings. The Labute approximate surface area is 135 Å². The topological polar surface area (TPSA) is 38.1 Å². The lowest BCUT2D eigenvalue weighted by Crippen LogP contribution is -2.31. The zero-order chi connectivity index (χ0) is 17.5. The lowest BCUT2D eigenvalue weighted by atomic mass is 10.0. The van der Waals surface area contributed by atoms with Gasteiger partial charge in [0.2, 0.25) is 0 Å². The van der Waals surface area contributed by atoms with E-state index in [2.05, 4.69) is 5.10 Å². The van der Waals surface area contributed by atoms with Crippen molar-refractivity contribution in [3.8, 4) is 0 Å². The summed E-state index contributed by atoms with van der Waals surface area (Å²) in [5.41, 5.74) is -0.603. The van der Waals surface area contributed by atoms with Crippen LogP contribution in [0.5, 0.6) is 0 Å². The first kappa shape index (κ1) is 16.5. The molecule has 24 heavy (non-hydrogen) atoms. The number of carbonyl (C=O) groups is 1. The Bertz CT molecular complexity index is 769. The molecule has 128 valence electrons. The van der Waals surface area contributed by atoms with Crippen molar-refractivity contribution < 1.29 is 22.4 Å². The summed E-state index contributed by atoms with van der Waals surface area (Å²) < 4.78 is 52.7. The molecule has 0 saturated carbocycles. The third kappa shape index (κ3) is 3.00. The van der Waals surface area contributed by atoms with E-state index in [-0.39, 0.29) is 11.7 Å². The average molecular weight is 341 g/mol. The molecule has 1 fully saturated rings. The number of nitrogens with zero attached hydrogens (tertiary/aromatic N) is 3. The van der Waals surface area contributed by atoms with Gasteiger partial charge in [0, 0.05) is 19.7 Å². The number of aryl methyl sites for hydroxylation is 1. The van der Waals surface area contributed by atoms with Crippen LogP contribution in [0.3, 0.4) is 0 Å². The molecule has 0 bridgehead atoms. The minimum absolute atomic E-state index is 0.256. The summed E-state index contributed by atoms with van der Waals surface area (Å²) in [5.74, 6) is -0.989. The number of halogens is 4. The summed E-state index contributed by atoms with van der Waals surface area (Å²) in [6.07, 6.45) is -3.24. The molecule has 1 aliphatic heterocycles. The SMILES string of the molecule is Cn1nc(C(=O)N2CCCC2c2cccc(F)c2)cc1C(F)(F)F. The zero-order valence-corrected chi connectivity index (χ0v) is 12.8. The molecule has 1 aromatic carbocycles. The molecule has 1 aromatic heterocycles. The summed E-state index contributed by atoms with van der Waals surface area (Å²) in [4.78, 5) is 14.1.